The molecular formula is C51H47FN2O12. The SMILES string of the molecule is CC(=O)OC[C@H]1OC(c2ccc(-c3ccc([C@@H]4[C@H](/C=C/C(=O)c5ccc(F)cc5)NC(=O)N4c4ccccc4)c(OCc4ccccc4)c3)cc2)[C@H](OC(C)=O)[C@@H](OC(C)=O)[C@@H]1OC(C)=O. The first kappa shape index (κ1) is 46.3. The maximum Gasteiger partial charge on any atom is 0.323 e. The van der Waals surface area contributed by atoms with Crippen molar-refractivity contribution < 1.29 is 61.6 Å². The number of para-hydroxylation sites is 1. The van der Waals surface area contributed by atoms with Crippen molar-refractivity contribution in [2.45, 2.75) is 76.9 Å². The molecule has 1 N–H and O–H groups in total. The van der Waals surface area contributed by atoms with E-state index < -0.39 is 78.3 Å². The Balaban J connectivity index is 1.27. The van der Waals surface area contributed by atoms with Crippen LogP contribution in [0, 0.1) is 5.82 Å². The highest BCUT2D eigenvalue weighted by Gasteiger charge is 2.52. The standard InChI is InChI=1S/C51H47FN2O12/c1-30(55)61-29-45-48(63-31(2)56)50(65-33(4)58)49(64-32(3)57)47(66-45)37-17-15-35(16-18-37)38-21-24-41(44(27-38)62-28-34-11-7-5-8-12-34)46-42(25-26-43(59)36-19-22-39(52)23-20-36)53-51(60)54(46)40-13-9-6-10-14-40/h5-27,42,45-50H,28-29H2,1-4H3,(H,53,60)/b26-25+/t42-,45+,46+,47?,48+,49-,50-/m0/s1. The summed E-state index contributed by atoms with van der Waals surface area (Å²) in [6.07, 6.45) is -3.13. The lowest BCUT2D eigenvalue weighted by molar-refractivity contribution is -0.254. The zero-order valence-electron chi connectivity index (χ0n) is 36.5. The summed E-state index contributed by atoms with van der Waals surface area (Å²) in [5.41, 5.74) is 4.35. The first-order valence-electron chi connectivity index (χ1n) is 21.1. The summed E-state index contributed by atoms with van der Waals surface area (Å²) in [6.45, 7) is 4.52. The fourth-order valence-electron chi connectivity index (χ4n) is 8.01. The zero-order chi connectivity index (χ0) is 46.9. The molecule has 0 bridgehead atoms. The van der Waals surface area contributed by atoms with E-state index in [2.05, 4.69) is 5.32 Å². The number of carbonyl (C=O) groups is 6. The molecule has 0 aromatic heterocycles. The third kappa shape index (κ3) is 11.2. The van der Waals surface area contributed by atoms with E-state index in [1.807, 2.05) is 91.0 Å². The topological polar surface area (TPSA) is 173 Å². The minimum atomic E-state index is -1.33. The van der Waals surface area contributed by atoms with E-state index in [4.69, 9.17) is 28.4 Å². The number of rotatable bonds is 15. The Morgan fingerprint density at radius 2 is 1.30 bits per heavy atom. The number of anilines is 1. The Morgan fingerprint density at radius 1 is 0.697 bits per heavy atom. The number of hydrogen-bond acceptors (Lipinski definition) is 12. The van der Waals surface area contributed by atoms with E-state index in [0.717, 1.165) is 30.5 Å². The first-order valence-corrected chi connectivity index (χ1v) is 21.1. The molecule has 0 aliphatic carbocycles. The highest BCUT2D eigenvalue weighted by atomic mass is 19.1. The van der Waals surface area contributed by atoms with E-state index in [0.29, 0.717) is 22.6 Å². The number of ether oxygens (including phenoxy) is 6. The number of amides is 2. The minimum absolute atomic E-state index is 0.183. The molecule has 2 saturated heterocycles. The molecule has 7 rings (SSSR count). The molecule has 2 aliphatic rings. The summed E-state index contributed by atoms with van der Waals surface area (Å²) in [7, 11) is 0. The molecular weight excluding hydrogens is 852 g/mol. The molecule has 1 unspecified atom stereocenters. The first-order chi connectivity index (χ1) is 31.7. The van der Waals surface area contributed by atoms with Gasteiger partial charge in [-0.1, -0.05) is 91.0 Å². The predicted octanol–water partition coefficient (Wildman–Crippen LogP) is 7.95. The zero-order valence-corrected chi connectivity index (χ0v) is 36.5. The number of urea groups is 1. The number of nitrogens with one attached hydrogen (secondary N) is 1. The van der Waals surface area contributed by atoms with Gasteiger partial charge in [-0.3, -0.25) is 28.9 Å². The van der Waals surface area contributed by atoms with Crippen LogP contribution in [0.4, 0.5) is 14.9 Å². The Hall–Kier alpha value is -7.65. The van der Waals surface area contributed by atoms with Gasteiger partial charge in [-0.15, -0.1) is 0 Å². The summed E-state index contributed by atoms with van der Waals surface area (Å²) in [4.78, 5) is 77.8. The second-order valence-corrected chi connectivity index (χ2v) is 15.6. The van der Waals surface area contributed by atoms with E-state index >= 15 is 0 Å². The Kier molecular flexibility index (Phi) is 14.7. The molecule has 2 fully saturated rings. The van der Waals surface area contributed by atoms with Crippen molar-refractivity contribution in [2.24, 2.45) is 0 Å². The van der Waals surface area contributed by atoms with Crippen molar-refractivity contribution in [1.29, 1.82) is 0 Å². The molecule has 7 atom stereocenters. The third-order valence-corrected chi connectivity index (χ3v) is 10.9. The van der Waals surface area contributed by atoms with Crippen LogP contribution in [-0.2, 0) is 49.5 Å². The average Bonchev–Trinajstić information content (AvgIpc) is 3.63. The van der Waals surface area contributed by atoms with Crippen LogP contribution in [0.15, 0.2) is 140 Å². The number of nitrogens with zero attached hydrogens (tertiary/aromatic N) is 1. The van der Waals surface area contributed by atoms with Gasteiger partial charge in [-0.25, -0.2) is 9.18 Å². The summed E-state index contributed by atoms with van der Waals surface area (Å²) in [5.74, 6) is -3.21. The van der Waals surface area contributed by atoms with E-state index in [-0.39, 0.29) is 24.6 Å². The molecule has 340 valence electrons. The third-order valence-electron chi connectivity index (χ3n) is 10.9. The molecule has 0 radical (unpaired) electrons. The van der Waals surface area contributed by atoms with Gasteiger partial charge in [0.05, 0.1) is 12.1 Å². The smallest absolute Gasteiger partial charge is 0.323 e. The normalized spacial score (nSPS) is 21.4. The molecule has 0 spiro atoms. The van der Waals surface area contributed by atoms with Gasteiger partial charge in [0.1, 0.15) is 37.0 Å². The maximum atomic E-state index is 13.9. The van der Waals surface area contributed by atoms with Gasteiger partial charge in [0.15, 0.2) is 24.1 Å². The lowest BCUT2D eigenvalue weighted by atomic mass is 9.89. The summed E-state index contributed by atoms with van der Waals surface area (Å²) in [6, 6.07) is 34.8. The molecule has 5 aromatic rings. The summed E-state index contributed by atoms with van der Waals surface area (Å²) < 4.78 is 48.7. The largest absolute Gasteiger partial charge is 0.489 e. The number of esters is 4. The van der Waals surface area contributed by atoms with Crippen molar-refractivity contribution in [3.63, 3.8) is 0 Å². The van der Waals surface area contributed by atoms with Gasteiger partial charge < -0.3 is 33.7 Å². The fourth-order valence-corrected chi connectivity index (χ4v) is 8.01. The predicted molar refractivity (Wildman–Crippen MR) is 237 cm³/mol. The number of allylic oxidation sites excluding steroid dienone is 1. The minimum Gasteiger partial charge on any atom is -0.489 e. The molecule has 2 amide bonds. The van der Waals surface area contributed by atoms with Crippen molar-refractivity contribution in [1.82, 2.24) is 5.32 Å². The van der Waals surface area contributed by atoms with Crippen molar-refractivity contribution in [3.8, 4) is 16.9 Å². The molecule has 0 saturated carbocycles. The Bertz CT molecular complexity index is 2590. The summed E-state index contributed by atoms with van der Waals surface area (Å²) >= 11 is 0. The number of carbonyl (C=O) groups excluding carboxylic acids is 6. The Labute approximate surface area is 380 Å². The lowest BCUT2D eigenvalue weighted by Crippen LogP contribution is -2.59. The van der Waals surface area contributed by atoms with Gasteiger partial charge in [-0.05, 0) is 70.8 Å². The number of ketones is 1. The van der Waals surface area contributed by atoms with Crippen LogP contribution < -0.4 is 15.0 Å². The highest BCUT2D eigenvalue weighted by Crippen LogP contribution is 2.42. The van der Waals surface area contributed by atoms with Crippen molar-refractivity contribution in [3.05, 3.63) is 168 Å². The highest BCUT2D eigenvalue weighted by molar-refractivity contribution is 6.05. The van der Waals surface area contributed by atoms with Gasteiger partial charge in [0.2, 0.25) is 0 Å². The van der Waals surface area contributed by atoms with Crippen LogP contribution in [0.5, 0.6) is 5.75 Å². The van der Waals surface area contributed by atoms with E-state index in [1.54, 1.807) is 23.1 Å². The molecule has 2 heterocycles. The second kappa shape index (κ2) is 20.9. The van der Waals surface area contributed by atoms with Crippen molar-refractivity contribution in [2.75, 3.05) is 11.5 Å². The van der Waals surface area contributed by atoms with Crippen LogP contribution in [0.3, 0.4) is 0 Å². The molecule has 5 aromatic carbocycles. The van der Waals surface area contributed by atoms with Crippen LogP contribution in [0.2, 0.25) is 0 Å². The van der Waals surface area contributed by atoms with Gasteiger partial charge in [-0.2, -0.15) is 0 Å². The van der Waals surface area contributed by atoms with Crippen molar-refractivity contribution >= 4 is 41.4 Å². The van der Waals surface area contributed by atoms with Crippen LogP contribution in [0.1, 0.15) is 66.9 Å². The second-order valence-electron chi connectivity index (χ2n) is 15.6. The fraction of sp³-hybridized carbons (Fsp3) is 0.255. The van der Waals surface area contributed by atoms with Gasteiger partial charge in [0, 0.05) is 44.5 Å². The molecule has 2 aliphatic heterocycles. The monoisotopic (exact) mass is 898 g/mol. The summed E-state index contributed by atoms with van der Waals surface area (Å²) in [5, 5.41) is 3.02. The van der Waals surface area contributed by atoms with E-state index in [9.17, 15) is 33.2 Å². The molecule has 66 heavy (non-hydrogen) atoms. The maximum absolute atomic E-state index is 13.9. The van der Waals surface area contributed by atoms with E-state index in [1.165, 1.54) is 44.2 Å². The Morgan fingerprint density at radius 3 is 1.94 bits per heavy atom. The number of halogens is 1. The van der Waals surface area contributed by atoms with Crippen LogP contribution >= 0.6 is 0 Å². The average molecular weight is 899 g/mol. The number of hydrogen-bond donors (Lipinski definition) is 1. The lowest BCUT2D eigenvalue weighted by Gasteiger charge is -2.44. The van der Waals surface area contributed by atoms with Gasteiger partial charge >= 0.3 is 29.9 Å². The molecule has 14 nitrogen and oxygen atoms in total. The quantitative estimate of drug-likeness (QED) is 0.0466. The van der Waals surface area contributed by atoms with Gasteiger partial charge in [0.25, 0.3) is 0 Å². The van der Waals surface area contributed by atoms with Crippen LogP contribution in [0.25, 0.3) is 11.1 Å². The number of benzene rings is 5. The molecule has 15 heteroatoms. The van der Waals surface area contributed by atoms with Crippen LogP contribution in [-0.4, -0.2) is 72.8 Å².